The second kappa shape index (κ2) is 9.99. The van der Waals surface area contributed by atoms with Crippen molar-refractivity contribution < 1.29 is 27.4 Å². The number of amides is 1. The second-order valence-corrected chi connectivity index (χ2v) is 10.8. The Bertz CT molecular complexity index is 1330. The number of nitrogens with zero attached hydrogens (tertiary/aromatic N) is 2. The molecule has 10 heteroatoms. The van der Waals surface area contributed by atoms with E-state index >= 15 is 0 Å². The molecule has 1 N–H and O–H groups in total. The van der Waals surface area contributed by atoms with Gasteiger partial charge in [0.2, 0.25) is 0 Å². The van der Waals surface area contributed by atoms with Gasteiger partial charge in [0.15, 0.2) is 27.9 Å². The van der Waals surface area contributed by atoms with Crippen molar-refractivity contribution in [2.24, 2.45) is 0 Å². The number of ether oxygens (including phenoxy) is 3. The highest BCUT2D eigenvalue weighted by Gasteiger charge is 2.32. The van der Waals surface area contributed by atoms with E-state index in [1.165, 1.54) is 0 Å². The minimum Gasteiger partial charge on any atom is -0.493 e. The van der Waals surface area contributed by atoms with Gasteiger partial charge in [-0.2, -0.15) is 5.10 Å². The average Bonchev–Trinajstić information content (AvgIpc) is 3.40. The number of nitrogens with one attached hydrogen (secondary N) is 1. The fourth-order valence-electron chi connectivity index (χ4n) is 4.21. The van der Waals surface area contributed by atoms with E-state index in [1.807, 2.05) is 38.1 Å². The van der Waals surface area contributed by atoms with Crippen molar-refractivity contribution in [3.05, 3.63) is 53.6 Å². The molecule has 186 valence electrons. The summed E-state index contributed by atoms with van der Waals surface area (Å²) in [7, 11) is -0.0509. The van der Waals surface area contributed by atoms with Gasteiger partial charge in [-0.05, 0) is 49.6 Å². The normalized spacial score (nSPS) is 16.6. The fourth-order valence-corrected chi connectivity index (χ4v) is 5.91. The molecule has 2 aromatic carbocycles. The van der Waals surface area contributed by atoms with E-state index in [0.717, 1.165) is 16.7 Å². The molecule has 0 saturated carbocycles. The van der Waals surface area contributed by atoms with Crippen LogP contribution >= 0.6 is 0 Å². The van der Waals surface area contributed by atoms with Crippen molar-refractivity contribution >= 4 is 21.6 Å². The van der Waals surface area contributed by atoms with Crippen molar-refractivity contribution in [3.63, 3.8) is 0 Å². The minimum absolute atomic E-state index is 0.0260. The van der Waals surface area contributed by atoms with Crippen LogP contribution in [0.2, 0.25) is 0 Å². The molecule has 1 fully saturated rings. The van der Waals surface area contributed by atoms with Crippen LogP contribution in [0.25, 0.3) is 11.3 Å². The van der Waals surface area contributed by atoms with Crippen LogP contribution in [0.4, 0.5) is 5.82 Å². The highest BCUT2D eigenvalue weighted by atomic mass is 32.2. The number of carbonyl (C=O) groups excluding carboxylic acids is 1. The standard InChI is InChI=1S/C25H29N3O6S/c1-16-6-5-7-17(2)25(16)34-14-24(29)26-23-13-20(18-8-9-21(32-3)22(12-18)33-4)27-28(23)19-10-11-35(30,31)15-19/h5-9,12-13,19H,10-11,14-15H2,1-4H3,(H,26,29). The number of hydrogen-bond donors (Lipinski definition) is 1. The number of rotatable bonds is 8. The number of benzene rings is 2. The molecule has 0 spiro atoms. The third kappa shape index (κ3) is 5.43. The van der Waals surface area contributed by atoms with Gasteiger partial charge in [0.05, 0.1) is 37.5 Å². The van der Waals surface area contributed by atoms with Crippen LogP contribution in [0.15, 0.2) is 42.5 Å². The molecular weight excluding hydrogens is 470 g/mol. The molecule has 1 unspecified atom stereocenters. The lowest BCUT2D eigenvalue weighted by Crippen LogP contribution is -2.24. The Labute approximate surface area is 204 Å². The summed E-state index contributed by atoms with van der Waals surface area (Å²) in [5.41, 5.74) is 3.19. The molecule has 1 aliphatic heterocycles. The van der Waals surface area contributed by atoms with Crippen molar-refractivity contribution in [2.75, 3.05) is 37.6 Å². The zero-order valence-corrected chi connectivity index (χ0v) is 21.0. The number of carbonyl (C=O) groups is 1. The number of methoxy groups -OCH3 is 2. The van der Waals surface area contributed by atoms with Crippen LogP contribution in [0.1, 0.15) is 23.6 Å². The van der Waals surface area contributed by atoms with Gasteiger partial charge in [-0.25, -0.2) is 13.1 Å². The first-order valence-electron chi connectivity index (χ1n) is 11.2. The van der Waals surface area contributed by atoms with Crippen LogP contribution in [0, 0.1) is 13.8 Å². The number of anilines is 1. The summed E-state index contributed by atoms with van der Waals surface area (Å²) < 4.78 is 42.3. The van der Waals surface area contributed by atoms with E-state index in [9.17, 15) is 13.2 Å². The molecule has 1 saturated heterocycles. The summed E-state index contributed by atoms with van der Waals surface area (Å²) in [5, 5.41) is 7.51. The smallest absolute Gasteiger partial charge is 0.263 e. The Morgan fingerprint density at radius 1 is 1.09 bits per heavy atom. The van der Waals surface area contributed by atoms with Crippen LogP contribution < -0.4 is 19.5 Å². The molecule has 0 radical (unpaired) electrons. The maximum absolute atomic E-state index is 12.8. The van der Waals surface area contributed by atoms with Crippen molar-refractivity contribution in [2.45, 2.75) is 26.3 Å². The molecule has 0 aliphatic carbocycles. The molecule has 1 aliphatic rings. The van der Waals surface area contributed by atoms with Gasteiger partial charge in [-0.1, -0.05) is 18.2 Å². The van der Waals surface area contributed by atoms with E-state index in [4.69, 9.17) is 14.2 Å². The van der Waals surface area contributed by atoms with E-state index in [1.54, 1.807) is 37.1 Å². The molecule has 9 nitrogen and oxygen atoms in total. The van der Waals surface area contributed by atoms with Gasteiger partial charge < -0.3 is 19.5 Å². The molecule has 35 heavy (non-hydrogen) atoms. The quantitative estimate of drug-likeness (QED) is 0.505. The Morgan fingerprint density at radius 3 is 2.43 bits per heavy atom. The predicted molar refractivity (Wildman–Crippen MR) is 133 cm³/mol. The van der Waals surface area contributed by atoms with Crippen molar-refractivity contribution in [3.8, 4) is 28.5 Å². The molecule has 1 aromatic heterocycles. The SMILES string of the molecule is COc1ccc(-c2cc(NC(=O)COc3c(C)cccc3C)n(C3CCS(=O)(=O)C3)n2)cc1OC. The monoisotopic (exact) mass is 499 g/mol. The molecule has 0 bridgehead atoms. The highest BCUT2D eigenvalue weighted by molar-refractivity contribution is 7.91. The number of sulfone groups is 1. The van der Waals surface area contributed by atoms with Crippen molar-refractivity contribution in [1.29, 1.82) is 0 Å². The van der Waals surface area contributed by atoms with Crippen LogP contribution in [0.5, 0.6) is 17.2 Å². The van der Waals surface area contributed by atoms with Crippen molar-refractivity contribution in [1.82, 2.24) is 9.78 Å². The zero-order chi connectivity index (χ0) is 25.2. The topological polar surface area (TPSA) is 109 Å². The molecule has 1 atom stereocenters. The molecule has 2 heterocycles. The molecular formula is C25H29N3O6S. The average molecular weight is 500 g/mol. The van der Waals surface area contributed by atoms with Crippen LogP contribution in [0.3, 0.4) is 0 Å². The van der Waals surface area contributed by atoms with Gasteiger partial charge in [0.1, 0.15) is 11.6 Å². The second-order valence-electron chi connectivity index (χ2n) is 8.54. The lowest BCUT2D eigenvalue weighted by atomic mass is 10.1. The highest BCUT2D eigenvalue weighted by Crippen LogP contribution is 2.35. The summed E-state index contributed by atoms with van der Waals surface area (Å²) >= 11 is 0. The van der Waals surface area contributed by atoms with Crippen LogP contribution in [-0.4, -0.2) is 56.4 Å². The predicted octanol–water partition coefficient (Wildman–Crippen LogP) is 3.56. The van der Waals surface area contributed by atoms with Gasteiger partial charge in [-0.3, -0.25) is 4.79 Å². The maximum Gasteiger partial charge on any atom is 0.263 e. The van der Waals surface area contributed by atoms with E-state index in [0.29, 0.717) is 35.2 Å². The Morgan fingerprint density at radius 2 is 1.80 bits per heavy atom. The number of aromatic nitrogens is 2. The Kier molecular flexibility index (Phi) is 7.02. The lowest BCUT2D eigenvalue weighted by Gasteiger charge is -2.15. The van der Waals surface area contributed by atoms with Gasteiger partial charge in [0.25, 0.3) is 5.91 Å². The minimum atomic E-state index is -3.15. The maximum atomic E-state index is 12.8. The zero-order valence-electron chi connectivity index (χ0n) is 20.2. The van der Waals surface area contributed by atoms with Crippen LogP contribution in [-0.2, 0) is 14.6 Å². The van der Waals surface area contributed by atoms with E-state index in [-0.39, 0.29) is 30.1 Å². The van der Waals surface area contributed by atoms with Gasteiger partial charge >= 0.3 is 0 Å². The lowest BCUT2D eigenvalue weighted by molar-refractivity contribution is -0.118. The molecule has 3 aromatic rings. The summed E-state index contributed by atoms with van der Waals surface area (Å²) in [4.78, 5) is 12.8. The Hall–Kier alpha value is -3.53. The summed E-state index contributed by atoms with van der Waals surface area (Å²) in [6, 6.07) is 12.5. The largest absolute Gasteiger partial charge is 0.493 e. The summed E-state index contributed by atoms with van der Waals surface area (Å²) in [6.45, 7) is 3.65. The summed E-state index contributed by atoms with van der Waals surface area (Å²) in [5.74, 6) is 1.89. The van der Waals surface area contributed by atoms with Gasteiger partial charge in [0, 0.05) is 11.6 Å². The third-order valence-electron chi connectivity index (χ3n) is 5.99. The fraction of sp³-hybridized carbons (Fsp3) is 0.360. The molecule has 4 rings (SSSR count). The first-order valence-corrected chi connectivity index (χ1v) is 13.0. The first-order chi connectivity index (χ1) is 16.7. The van der Waals surface area contributed by atoms with Gasteiger partial charge in [-0.15, -0.1) is 0 Å². The number of aryl methyl sites for hydroxylation is 2. The van der Waals surface area contributed by atoms with E-state index < -0.39 is 9.84 Å². The summed E-state index contributed by atoms with van der Waals surface area (Å²) in [6.07, 6.45) is 0.428. The number of hydrogen-bond acceptors (Lipinski definition) is 7. The molecule has 1 amide bonds. The first kappa shape index (κ1) is 24.6. The Balaban J connectivity index is 1.61. The third-order valence-corrected chi connectivity index (χ3v) is 7.74. The number of para-hydroxylation sites is 1. The van der Waals surface area contributed by atoms with E-state index in [2.05, 4.69) is 10.4 Å².